The van der Waals surface area contributed by atoms with Crippen molar-refractivity contribution >= 4 is 17.5 Å². The van der Waals surface area contributed by atoms with Crippen molar-refractivity contribution in [1.82, 2.24) is 15.5 Å². The Morgan fingerprint density at radius 3 is 2.73 bits per heavy atom. The maximum Gasteiger partial charge on any atom is 0.313 e. The first-order chi connectivity index (χ1) is 10.5. The van der Waals surface area contributed by atoms with E-state index in [1.54, 1.807) is 19.1 Å². The van der Waals surface area contributed by atoms with E-state index in [-0.39, 0.29) is 0 Å². The molecule has 2 amide bonds. The summed E-state index contributed by atoms with van der Waals surface area (Å²) in [6.45, 7) is 4.01. The van der Waals surface area contributed by atoms with Crippen LogP contribution in [0.25, 0.3) is 0 Å². The van der Waals surface area contributed by atoms with Crippen LogP contribution in [0.1, 0.15) is 23.7 Å². The zero-order valence-electron chi connectivity index (χ0n) is 12.5. The molecule has 0 saturated carbocycles. The number of benzene rings is 1. The molecule has 0 saturated heterocycles. The Morgan fingerprint density at radius 1 is 1.23 bits per heavy atom. The number of nitrogens with zero attached hydrogens (tertiary/aromatic N) is 2. The van der Waals surface area contributed by atoms with Gasteiger partial charge in [-0.15, -0.1) is 0 Å². The normalized spacial score (nSPS) is 10.3. The first-order valence-electron chi connectivity index (χ1n) is 6.99. The van der Waals surface area contributed by atoms with Gasteiger partial charge in [-0.25, -0.2) is 0 Å². The number of hydrogen-bond donors (Lipinski definition) is 2. The molecule has 0 aliphatic heterocycles. The topological polar surface area (TPSA) is 97.1 Å². The lowest BCUT2D eigenvalue weighted by molar-refractivity contribution is -0.136. The fourth-order valence-electron chi connectivity index (χ4n) is 1.87. The van der Waals surface area contributed by atoms with Crippen LogP contribution in [0.3, 0.4) is 0 Å². The number of aryl methyl sites for hydroxylation is 3. The Balaban J connectivity index is 1.71. The fourth-order valence-corrected chi connectivity index (χ4v) is 1.87. The molecule has 0 unspecified atom stereocenters. The fraction of sp³-hybridized carbons (Fsp3) is 0.333. The molecule has 2 rings (SSSR count). The molecule has 2 N–H and O–H groups in total. The lowest BCUT2D eigenvalue weighted by atomic mass is 10.2. The summed E-state index contributed by atoms with van der Waals surface area (Å²) in [5.41, 5.74) is 1.61. The van der Waals surface area contributed by atoms with Gasteiger partial charge in [-0.3, -0.25) is 9.59 Å². The standard InChI is InChI=1S/C15H18N4O3/c1-10-5-3-6-12(9-10)18-15(21)14(20)16-8-4-7-13-17-11(2)19-22-13/h3,5-6,9H,4,7-8H2,1-2H3,(H,16,20)(H,18,21). The van der Waals surface area contributed by atoms with Crippen LogP contribution in [0.5, 0.6) is 0 Å². The van der Waals surface area contributed by atoms with E-state index >= 15 is 0 Å². The molecular weight excluding hydrogens is 284 g/mol. The van der Waals surface area contributed by atoms with Gasteiger partial charge in [0.05, 0.1) is 0 Å². The average molecular weight is 302 g/mol. The molecule has 2 aromatic rings. The SMILES string of the molecule is Cc1cccc(NC(=O)C(=O)NCCCc2nc(C)no2)c1. The monoisotopic (exact) mass is 302 g/mol. The van der Waals surface area contributed by atoms with Crippen molar-refractivity contribution in [2.24, 2.45) is 0 Å². The Hall–Kier alpha value is -2.70. The molecule has 0 atom stereocenters. The molecule has 0 radical (unpaired) electrons. The smallest absolute Gasteiger partial charge is 0.313 e. The third-order valence-electron chi connectivity index (χ3n) is 2.90. The highest BCUT2D eigenvalue weighted by atomic mass is 16.5. The molecule has 0 aliphatic carbocycles. The summed E-state index contributed by atoms with van der Waals surface area (Å²) in [5, 5.41) is 8.78. The van der Waals surface area contributed by atoms with E-state index < -0.39 is 11.8 Å². The molecule has 1 aromatic carbocycles. The molecule has 0 bridgehead atoms. The molecule has 116 valence electrons. The second-order valence-corrected chi connectivity index (χ2v) is 4.92. The molecule has 1 heterocycles. The number of aromatic nitrogens is 2. The quantitative estimate of drug-likeness (QED) is 0.642. The van der Waals surface area contributed by atoms with Gasteiger partial charge in [0.1, 0.15) is 0 Å². The Bertz CT molecular complexity index is 666. The lowest BCUT2D eigenvalue weighted by Gasteiger charge is -2.06. The van der Waals surface area contributed by atoms with E-state index in [2.05, 4.69) is 20.8 Å². The molecule has 0 aliphatic rings. The Labute approximate surface area is 128 Å². The van der Waals surface area contributed by atoms with E-state index in [1.807, 2.05) is 19.1 Å². The summed E-state index contributed by atoms with van der Waals surface area (Å²) < 4.78 is 4.96. The zero-order chi connectivity index (χ0) is 15.9. The van der Waals surface area contributed by atoms with Crippen LogP contribution in [-0.4, -0.2) is 28.5 Å². The van der Waals surface area contributed by atoms with Crippen molar-refractivity contribution in [2.75, 3.05) is 11.9 Å². The van der Waals surface area contributed by atoms with Gasteiger partial charge in [0, 0.05) is 18.7 Å². The number of carbonyl (C=O) groups is 2. The molecule has 7 nitrogen and oxygen atoms in total. The maximum absolute atomic E-state index is 11.7. The molecular formula is C15H18N4O3. The van der Waals surface area contributed by atoms with Crippen molar-refractivity contribution in [2.45, 2.75) is 26.7 Å². The van der Waals surface area contributed by atoms with Crippen molar-refractivity contribution in [3.05, 3.63) is 41.5 Å². The summed E-state index contributed by atoms with van der Waals surface area (Å²) in [6, 6.07) is 7.25. The van der Waals surface area contributed by atoms with Gasteiger partial charge in [-0.2, -0.15) is 4.98 Å². The van der Waals surface area contributed by atoms with Gasteiger partial charge in [-0.05, 0) is 38.0 Å². The summed E-state index contributed by atoms with van der Waals surface area (Å²) in [7, 11) is 0. The second-order valence-electron chi connectivity index (χ2n) is 4.92. The van der Waals surface area contributed by atoms with Crippen molar-refractivity contribution in [3.8, 4) is 0 Å². The summed E-state index contributed by atoms with van der Waals surface area (Å²) >= 11 is 0. The predicted molar refractivity (Wildman–Crippen MR) is 80.2 cm³/mol. The van der Waals surface area contributed by atoms with Crippen LogP contribution in [0.15, 0.2) is 28.8 Å². The molecule has 0 spiro atoms. The van der Waals surface area contributed by atoms with E-state index in [0.29, 0.717) is 36.8 Å². The maximum atomic E-state index is 11.7. The minimum Gasteiger partial charge on any atom is -0.348 e. The van der Waals surface area contributed by atoms with Crippen LogP contribution in [0.4, 0.5) is 5.69 Å². The third kappa shape index (κ3) is 4.69. The number of nitrogens with one attached hydrogen (secondary N) is 2. The summed E-state index contributed by atoms with van der Waals surface area (Å²) in [6.07, 6.45) is 1.17. The molecule has 7 heteroatoms. The Kier molecular flexibility index (Phi) is 5.24. The van der Waals surface area contributed by atoms with Gasteiger partial charge >= 0.3 is 11.8 Å². The van der Waals surface area contributed by atoms with E-state index in [0.717, 1.165) is 5.56 Å². The van der Waals surface area contributed by atoms with E-state index in [9.17, 15) is 9.59 Å². The van der Waals surface area contributed by atoms with E-state index in [4.69, 9.17) is 4.52 Å². The molecule has 1 aromatic heterocycles. The highest BCUT2D eigenvalue weighted by Gasteiger charge is 2.13. The first-order valence-corrected chi connectivity index (χ1v) is 6.99. The number of rotatable bonds is 5. The summed E-state index contributed by atoms with van der Waals surface area (Å²) in [4.78, 5) is 27.5. The minimum absolute atomic E-state index is 0.363. The number of hydrogen-bond acceptors (Lipinski definition) is 5. The number of anilines is 1. The van der Waals surface area contributed by atoms with Crippen molar-refractivity contribution in [3.63, 3.8) is 0 Å². The zero-order valence-corrected chi connectivity index (χ0v) is 12.5. The first kappa shape index (κ1) is 15.7. The average Bonchev–Trinajstić information content (AvgIpc) is 2.89. The second kappa shape index (κ2) is 7.35. The number of carbonyl (C=O) groups excluding carboxylic acids is 2. The largest absolute Gasteiger partial charge is 0.348 e. The van der Waals surface area contributed by atoms with Gasteiger partial charge in [0.25, 0.3) is 0 Å². The van der Waals surface area contributed by atoms with Crippen molar-refractivity contribution in [1.29, 1.82) is 0 Å². The van der Waals surface area contributed by atoms with Gasteiger partial charge < -0.3 is 15.2 Å². The van der Waals surface area contributed by atoms with Crippen molar-refractivity contribution < 1.29 is 14.1 Å². The lowest BCUT2D eigenvalue weighted by Crippen LogP contribution is -2.36. The van der Waals surface area contributed by atoms with Crippen LogP contribution >= 0.6 is 0 Å². The highest BCUT2D eigenvalue weighted by molar-refractivity contribution is 6.39. The number of amides is 2. The van der Waals surface area contributed by atoms with Gasteiger partial charge in [0.2, 0.25) is 5.89 Å². The van der Waals surface area contributed by atoms with Crippen LogP contribution in [0, 0.1) is 13.8 Å². The molecule has 0 fully saturated rings. The van der Waals surface area contributed by atoms with Crippen LogP contribution < -0.4 is 10.6 Å². The van der Waals surface area contributed by atoms with Crippen LogP contribution in [0.2, 0.25) is 0 Å². The van der Waals surface area contributed by atoms with E-state index in [1.165, 1.54) is 0 Å². The van der Waals surface area contributed by atoms with Crippen LogP contribution in [-0.2, 0) is 16.0 Å². The van der Waals surface area contributed by atoms with Gasteiger partial charge in [-0.1, -0.05) is 17.3 Å². The highest BCUT2D eigenvalue weighted by Crippen LogP contribution is 2.09. The Morgan fingerprint density at radius 2 is 2.05 bits per heavy atom. The van der Waals surface area contributed by atoms with Gasteiger partial charge in [0.15, 0.2) is 5.82 Å². The molecule has 22 heavy (non-hydrogen) atoms. The third-order valence-corrected chi connectivity index (χ3v) is 2.90. The minimum atomic E-state index is -0.681. The predicted octanol–water partition coefficient (Wildman–Crippen LogP) is 1.37. The summed E-state index contributed by atoms with van der Waals surface area (Å²) in [5.74, 6) is -0.241.